The number of rotatable bonds is 3. The lowest BCUT2D eigenvalue weighted by Gasteiger charge is -2.21. The Morgan fingerprint density at radius 1 is 0.227 bits per heavy atom. The van der Waals surface area contributed by atoms with E-state index in [1.165, 1.54) is 87.2 Å². The molecule has 0 spiro atoms. The molecule has 9 rings (SSSR count). The Bertz CT molecular complexity index is 2530. The van der Waals surface area contributed by atoms with E-state index in [0.29, 0.717) is 0 Å². The maximum absolute atomic E-state index is 2.35. The Kier molecular flexibility index (Phi) is 5.61. The lowest BCUT2D eigenvalue weighted by Crippen LogP contribution is -1.94. The molecule has 9 aromatic carbocycles. The van der Waals surface area contributed by atoms with Crippen molar-refractivity contribution in [3.8, 4) is 33.4 Å². The van der Waals surface area contributed by atoms with Crippen molar-refractivity contribution >= 4 is 53.9 Å². The van der Waals surface area contributed by atoms with Gasteiger partial charge in [0.1, 0.15) is 0 Å². The molecule has 0 amide bonds. The summed E-state index contributed by atoms with van der Waals surface area (Å²) in [6.45, 7) is 0. The van der Waals surface area contributed by atoms with Crippen LogP contribution in [0.1, 0.15) is 0 Å². The van der Waals surface area contributed by atoms with Crippen LogP contribution in [-0.4, -0.2) is 0 Å². The fraction of sp³-hybridized carbons (Fsp3) is 0. The number of benzene rings is 9. The topological polar surface area (TPSA) is 0 Å². The van der Waals surface area contributed by atoms with E-state index in [9.17, 15) is 0 Å². The predicted molar refractivity (Wildman–Crippen MR) is 190 cm³/mol. The SMILES string of the molecule is c1ccc(-c2ccc(-c3c4ccccc4c(-c4cccc5ccccc45)c4ccc5ccccc5c34)c3ccccc23)cc1. The fourth-order valence-electron chi connectivity index (χ4n) is 7.35. The molecule has 0 heteroatoms. The first-order chi connectivity index (χ1) is 21.9. The van der Waals surface area contributed by atoms with Gasteiger partial charge < -0.3 is 0 Å². The van der Waals surface area contributed by atoms with E-state index in [4.69, 9.17) is 0 Å². The molecule has 0 saturated carbocycles. The van der Waals surface area contributed by atoms with Crippen LogP contribution in [0, 0.1) is 0 Å². The molecule has 0 heterocycles. The van der Waals surface area contributed by atoms with Crippen LogP contribution in [0.15, 0.2) is 170 Å². The average Bonchev–Trinajstić information content (AvgIpc) is 3.10. The van der Waals surface area contributed by atoms with Gasteiger partial charge in [-0.05, 0) is 87.2 Å². The molecule has 9 aromatic rings. The van der Waals surface area contributed by atoms with Gasteiger partial charge in [-0.3, -0.25) is 0 Å². The summed E-state index contributed by atoms with van der Waals surface area (Å²) in [6.07, 6.45) is 0. The normalized spacial score (nSPS) is 11.6. The maximum Gasteiger partial charge on any atom is -0.00139 e. The van der Waals surface area contributed by atoms with Crippen LogP contribution in [0.5, 0.6) is 0 Å². The Hall–Kier alpha value is -5.72. The lowest BCUT2D eigenvalue weighted by atomic mass is 9.81. The molecular formula is C44H28. The first kappa shape index (κ1) is 24.8. The summed E-state index contributed by atoms with van der Waals surface area (Å²) in [5, 5.41) is 12.8. The Morgan fingerprint density at radius 2 is 0.727 bits per heavy atom. The summed E-state index contributed by atoms with van der Waals surface area (Å²) in [5.74, 6) is 0. The minimum absolute atomic E-state index is 1.24. The van der Waals surface area contributed by atoms with Crippen LogP contribution in [0.4, 0.5) is 0 Å². The first-order valence-electron chi connectivity index (χ1n) is 15.3. The van der Waals surface area contributed by atoms with Crippen LogP contribution in [-0.2, 0) is 0 Å². The Balaban J connectivity index is 1.49. The second kappa shape index (κ2) is 9.93. The molecule has 0 radical (unpaired) electrons. The molecular weight excluding hydrogens is 528 g/mol. The Labute approximate surface area is 256 Å². The standard InChI is InChI=1S/C44H28/c1-2-13-29(14-3-1)33-27-28-40(36-21-9-8-20-35(33)36)44-39-23-11-10-22-38(39)42(37-24-12-17-30-15-4-6-18-32(30)37)41-26-25-31-16-5-7-19-34(31)43(41)44/h1-28H. The van der Waals surface area contributed by atoms with Crippen LogP contribution in [0.3, 0.4) is 0 Å². The van der Waals surface area contributed by atoms with E-state index in [0.717, 1.165) is 0 Å². The quantitative estimate of drug-likeness (QED) is 0.150. The zero-order valence-corrected chi connectivity index (χ0v) is 24.2. The summed E-state index contributed by atoms with van der Waals surface area (Å²) >= 11 is 0. The average molecular weight is 557 g/mol. The third-order valence-electron chi connectivity index (χ3n) is 9.25. The van der Waals surface area contributed by atoms with Gasteiger partial charge in [0.15, 0.2) is 0 Å². The Morgan fingerprint density at radius 3 is 1.48 bits per heavy atom. The number of hydrogen-bond acceptors (Lipinski definition) is 0. The second-order valence-electron chi connectivity index (χ2n) is 11.6. The number of fused-ring (bicyclic) bond motifs is 6. The van der Waals surface area contributed by atoms with Crippen molar-refractivity contribution in [2.45, 2.75) is 0 Å². The van der Waals surface area contributed by atoms with E-state index in [1.54, 1.807) is 0 Å². The highest BCUT2D eigenvalue weighted by atomic mass is 14.2. The molecule has 0 aliphatic rings. The minimum Gasteiger partial charge on any atom is -0.0622 e. The van der Waals surface area contributed by atoms with Crippen LogP contribution in [0.25, 0.3) is 87.2 Å². The molecule has 0 fully saturated rings. The largest absolute Gasteiger partial charge is 0.0622 e. The van der Waals surface area contributed by atoms with E-state index in [2.05, 4.69) is 170 Å². The molecule has 0 saturated heterocycles. The van der Waals surface area contributed by atoms with Gasteiger partial charge in [0.05, 0.1) is 0 Å². The van der Waals surface area contributed by atoms with Crippen molar-refractivity contribution in [3.63, 3.8) is 0 Å². The van der Waals surface area contributed by atoms with Crippen LogP contribution < -0.4 is 0 Å². The summed E-state index contributed by atoms with van der Waals surface area (Å²) < 4.78 is 0. The summed E-state index contributed by atoms with van der Waals surface area (Å²) in [5.41, 5.74) is 7.63. The molecule has 44 heavy (non-hydrogen) atoms. The van der Waals surface area contributed by atoms with Gasteiger partial charge in [0.25, 0.3) is 0 Å². The third kappa shape index (κ3) is 3.71. The van der Waals surface area contributed by atoms with Crippen LogP contribution in [0.2, 0.25) is 0 Å². The van der Waals surface area contributed by atoms with E-state index < -0.39 is 0 Å². The van der Waals surface area contributed by atoms with Gasteiger partial charge in [-0.2, -0.15) is 0 Å². The fourth-order valence-corrected chi connectivity index (χ4v) is 7.35. The summed E-state index contributed by atoms with van der Waals surface area (Å²) in [6, 6.07) is 62.3. The highest BCUT2D eigenvalue weighted by molar-refractivity contribution is 6.30. The van der Waals surface area contributed by atoms with Gasteiger partial charge in [-0.25, -0.2) is 0 Å². The van der Waals surface area contributed by atoms with Crippen molar-refractivity contribution in [2.24, 2.45) is 0 Å². The maximum atomic E-state index is 2.35. The molecule has 0 aliphatic heterocycles. The summed E-state index contributed by atoms with van der Waals surface area (Å²) in [7, 11) is 0. The zero-order valence-electron chi connectivity index (χ0n) is 24.2. The zero-order chi connectivity index (χ0) is 29.0. The van der Waals surface area contributed by atoms with Gasteiger partial charge in [0, 0.05) is 0 Å². The van der Waals surface area contributed by atoms with E-state index in [-0.39, 0.29) is 0 Å². The highest BCUT2D eigenvalue weighted by Gasteiger charge is 2.21. The molecule has 0 N–H and O–H groups in total. The molecule has 0 nitrogen and oxygen atoms in total. The van der Waals surface area contributed by atoms with Gasteiger partial charge in [0.2, 0.25) is 0 Å². The smallest absolute Gasteiger partial charge is 0.00139 e. The summed E-state index contributed by atoms with van der Waals surface area (Å²) in [4.78, 5) is 0. The van der Waals surface area contributed by atoms with Gasteiger partial charge in [-0.15, -0.1) is 0 Å². The van der Waals surface area contributed by atoms with E-state index in [1.807, 2.05) is 0 Å². The highest BCUT2D eigenvalue weighted by Crippen LogP contribution is 2.49. The van der Waals surface area contributed by atoms with Crippen molar-refractivity contribution in [2.75, 3.05) is 0 Å². The van der Waals surface area contributed by atoms with Gasteiger partial charge >= 0.3 is 0 Å². The van der Waals surface area contributed by atoms with Crippen molar-refractivity contribution in [1.29, 1.82) is 0 Å². The molecule has 0 unspecified atom stereocenters. The van der Waals surface area contributed by atoms with Crippen LogP contribution >= 0.6 is 0 Å². The molecule has 0 atom stereocenters. The van der Waals surface area contributed by atoms with E-state index >= 15 is 0 Å². The lowest BCUT2D eigenvalue weighted by molar-refractivity contribution is 1.64. The monoisotopic (exact) mass is 556 g/mol. The molecule has 0 aliphatic carbocycles. The molecule has 0 bridgehead atoms. The van der Waals surface area contributed by atoms with Crippen molar-refractivity contribution < 1.29 is 0 Å². The number of hydrogen-bond donors (Lipinski definition) is 0. The predicted octanol–water partition coefficient (Wildman–Crippen LogP) is 12.5. The third-order valence-corrected chi connectivity index (χ3v) is 9.25. The molecule has 204 valence electrons. The van der Waals surface area contributed by atoms with Gasteiger partial charge in [-0.1, -0.05) is 170 Å². The van der Waals surface area contributed by atoms with Crippen molar-refractivity contribution in [1.82, 2.24) is 0 Å². The molecule has 0 aromatic heterocycles. The van der Waals surface area contributed by atoms with Crippen molar-refractivity contribution in [3.05, 3.63) is 170 Å². The first-order valence-corrected chi connectivity index (χ1v) is 15.3. The minimum atomic E-state index is 1.24. The second-order valence-corrected chi connectivity index (χ2v) is 11.6.